The van der Waals surface area contributed by atoms with Crippen LogP contribution >= 0.6 is 11.6 Å². The van der Waals surface area contributed by atoms with Crippen LogP contribution < -0.4 is 19.7 Å². The fourth-order valence-corrected chi connectivity index (χ4v) is 11.8. The molecule has 1 amide bonds. The number of H-pyrrole nitrogens is 1. The highest BCUT2D eigenvalue weighted by atomic mass is 35.5. The van der Waals surface area contributed by atoms with Gasteiger partial charge < -0.3 is 25.0 Å². The lowest BCUT2D eigenvalue weighted by Gasteiger charge is -2.57. The van der Waals surface area contributed by atoms with Gasteiger partial charge in [-0.15, -0.1) is 0 Å². The molecular formula is C48H57ClN8O7S. The average molecular weight is 926 g/mol. The number of hydrogen-bond acceptors (Lipinski definition) is 12. The van der Waals surface area contributed by atoms with Crippen molar-refractivity contribution in [3.8, 4) is 11.5 Å². The molecule has 17 heteroatoms. The molecule has 2 atom stereocenters. The third-order valence-electron chi connectivity index (χ3n) is 14.4. The number of likely N-dealkylation sites (tertiary alicyclic amines) is 1. The summed E-state index contributed by atoms with van der Waals surface area (Å²) in [5, 5.41) is 26.2. The summed E-state index contributed by atoms with van der Waals surface area (Å²) in [6, 6.07) is 19.0. The maximum atomic E-state index is 14.0. The number of nitrogens with zero attached hydrogens (tertiary/aromatic N) is 5. The van der Waals surface area contributed by atoms with Crippen molar-refractivity contribution in [2.75, 3.05) is 42.9 Å². The number of halogens is 1. The normalized spacial score (nSPS) is 23.4. The molecule has 9 rings (SSSR count). The summed E-state index contributed by atoms with van der Waals surface area (Å²) in [5.41, 5.74) is 3.22. The Morgan fingerprint density at radius 2 is 1.78 bits per heavy atom. The number of carbonyl (C=O) groups is 1. The highest BCUT2D eigenvalue weighted by Gasteiger charge is 2.49. The standard InChI is InChI=1S/C48H57ClN8O7S/c1-30(2)35-7-4-5-8-36(35)37-9-6-10-39(37)56-28-48(29-56)18-21-55(22-19-48)33-11-12-38(41(24-33)64-42-23-32-15-20-50-44(32)53-43(42)49)46(58)54-65(62,63)34-25-40(57(60)61)45(52-27-34)51-26-31-13-16-47(3,59)17-14-31/h4-5,7-8,11-12,15,20,23-25,27,30-31,37,39,59H,6,9-10,13-14,16-19,21-22,26,28-29H2,1-3H3,(H,50,53)(H,51,52)(H,54,58)/t31-,37-,39-,47-/m1/s1. The molecule has 0 bridgehead atoms. The van der Waals surface area contributed by atoms with Gasteiger partial charge in [0.15, 0.2) is 10.9 Å². The maximum Gasteiger partial charge on any atom is 0.312 e. The largest absolute Gasteiger partial charge is 0.453 e. The molecule has 344 valence electrons. The van der Waals surface area contributed by atoms with Crippen molar-refractivity contribution in [2.45, 2.75) is 107 Å². The van der Waals surface area contributed by atoms with Crippen LogP contribution in [0.2, 0.25) is 5.15 Å². The van der Waals surface area contributed by atoms with Crippen LogP contribution in [-0.2, 0) is 10.0 Å². The third-order valence-corrected chi connectivity index (χ3v) is 16.0. The summed E-state index contributed by atoms with van der Waals surface area (Å²) in [4.78, 5) is 41.4. The molecule has 4 fully saturated rings. The van der Waals surface area contributed by atoms with Gasteiger partial charge in [0.2, 0.25) is 5.82 Å². The minimum atomic E-state index is -4.66. The second-order valence-electron chi connectivity index (χ2n) is 19.3. The Bertz CT molecular complexity index is 2700. The van der Waals surface area contributed by atoms with Gasteiger partial charge in [0.25, 0.3) is 15.9 Å². The average Bonchev–Trinajstić information content (AvgIpc) is 3.95. The predicted molar refractivity (Wildman–Crippen MR) is 251 cm³/mol. The fraction of sp³-hybridized carbons (Fsp3) is 0.479. The van der Waals surface area contributed by atoms with E-state index in [4.69, 9.17) is 16.3 Å². The van der Waals surface area contributed by atoms with Crippen LogP contribution in [0.25, 0.3) is 11.0 Å². The summed E-state index contributed by atoms with van der Waals surface area (Å²) in [7, 11) is -4.66. The minimum Gasteiger partial charge on any atom is -0.453 e. The van der Waals surface area contributed by atoms with E-state index in [0.717, 1.165) is 75.2 Å². The van der Waals surface area contributed by atoms with E-state index in [2.05, 4.69) is 72.9 Å². The lowest BCUT2D eigenvalue weighted by atomic mass is 9.70. The first-order valence-corrected chi connectivity index (χ1v) is 24.6. The fourth-order valence-electron chi connectivity index (χ4n) is 10.7. The number of fused-ring (bicyclic) bond motifs is 1. The first kappa shape index (κ1) is 44.9. The van der Waals surface area contributed by atoms with Crippen molar-refractivity contribution in [3.05, 3.63) is 105 Å². The van der Waals surface area contributed by atoms with E-state index < -0.39 is 37.0 Å². The lowest BCUT2D eigenvalue weighted by Crippen LogP contribution is -2.63. The van der Waals surface area contributed by atoms with Crippen molar-refractivity contribution < 1.29 is 28.0 Å². The first-order chi connectivity index (χ1) is 31.1. The number of nitrogens with one attached hydrogen (secondary N) is 3. The zero-order valence-electron chi connectivity index (χ0n) is 37.1. The number of aromatic nitrogens is 3. The van der Waals surface area contributed by atoms with E-state index in [9.17, 15) is 28.4 Å². The van der Waals surface area contributed by atoms with Gasteiger partial charge in [0.1, 0.15) is 16.3 Å². The predicted octanol–water partition coefficient (Wildman–Crippen LogP) is 9.15. The second-order valence-corrected chi connectivity index (χ2v) is 21.3. The first-order valence-electron chi connectivity index (χ1n) is 22.8. The number of rotatable bonds is 13. The number of nitro groups is 1. The number of aromatic amines is 1. The minimum absolute atomic E-state index is 0.0402. The molecule has 15 nitrogen and oxygen atoms in total. The van der Waals surface area contributed by atoms with E-state index >= 15 is 0 Å². The van der Waals surface area contributed by atoms with Crippen LogP contribution in [0.3, 0.4) is 0 Å². The second kappa shape index (κ2) is 17.8. The summed E-state index contributed by atoms with van der Waals surface area (Å²) < 4.78 is 35.9. The van der Waals surface area contributed by atoms with Gasteiger partial charge >= 0.3 is 5.69 Å². The van der Waals surface area contributed by atoms with Crippen LogP contribution in [0.4, 0.5) is 17.2 Å². The number of benzene rings is 2. The highest BCUT2D eigenvalue weighted by Crippen LogP contribution is 2.49. The summed E-state index contributed by atoms with van der Waals surface area (Å²) in [6.45, 7) is 10.5. The molecule has 4 aliphatic rings. The van der Waals surface area contributed by atoms with E-state index in [1.165, 1.54) is 36.5 Å². The molecule has 2 saturated carbocycles. The molecule has 0 radical (unpaired) electrons. The number of hydrogen-bond donors (Lipinski definition) is 4. The molecule has 5 aromatic rings. The Hall–Kier alpha value is -5.29. The Balaban J connectivity index is 0.908. The Morgan fingerprint density at radius 1 is 1.03 bits per heavy atom. The maximum absolute atomic E-state index is 14.0. The van der Waals surface area contributed by atoms with E-state index in [1.54, 1.807) is 37.4 Å². The number of piperidine rings is 1. The van der Waals surface area contributed by atoms with Crippen molar-refractivity contribution >= 4 is 55.8 Å². The van der Waals surface area contributed by atoms with Crippen molar-refractivity contribution in [2.24, 2.45) is 11.3 Å². The van der Waals surface area contributed by atoms with Gasteiger partial charge in [-0.3, -0.25) is 19.8 Å². The van der Waals surface area contributed by atoms with E-state index in [0.29, 0.717) is 42.9 Å². The Morgan fingerprint density at radius 3 is 2.52 bits per heavy atom. The van der Waals surface area contributed by atoms with Gasteiger partial charge in [-0.1, -0.05) is 56.1 Å². The number of carbonyl (C=O) groups excluding carboxylic acids is 1. The smallest absolute Gasteiger partial charge is 0.312 e. The quantitative estimate of drug-likeness (QED) is 0.0498. The topological polar surface area (TPSA) is 196 Å². The van der Waals surface area contributed by atoms with Crippen LogP contribution in [0.5, 0.6) is 11.5 Å². The lowest BCUT2D eigenvalue weighted by molar-refractivity contribution is -0.384. The van der Waals surface area contributed by atoms with Gasteiger partial charge in [-0.05, 0) is 117 Å². The molecule has 65 heavy (non-hydrogen) atoms. The number of aliphatic hydroxyl groups is 1. The Labute approximate surface area is 384 Å². The number of sulfonamides is 1. The number of pyridine rings is 2. The van der Waals surface area contributed by atoms with Crippen molar-refractivity contribution in [1.82, 2.24) is 24.6 Å². The zero-order chi connectivity index (χ0) is 45.7. The van der Waals surface area contributed by atoms with Crippen LogP contribution in [0, 0.1) is 21.4 Å². The van der Waals surface area contributed by atoms with Gasteiger partial charge in [0, 0.05) is 68.2 Å². The van der Waals surface area contributed by atoms with Crippen LogP contribution in [-0.4, -0.2) is 88.6 Å². The summed E-state index contributed by atoms with van der Waals surface area (Å²) in [5.74, 6) is 0.349. The summed E-state index contributed by atoms with van der Waals surface area (Å²) >= 11 is 6.58. The van der Waals surface area contributed by atoms with Crippen LogP contribution in [0.1, 0.15) is 112 Å². The Kier molecular flexibility index (Phi) is 12.3. The molecule has 2 aliphatic carbocycles. The molecule has 2 saturated heterocycles. The SMILES string of the molecule is CC(C)c1ccccc1[C@H]1CCC[C@H]1N1CC2(CCN(c3ccc(C(=O)NS(=O)(=O)c4cnc(NC[C@H]5CC[C@](C)(O)CC5)c([N+](=O)[O-])c4)c(Oc4cc5cc[nH]c5nc4Cl)c3)CC2)C1. The molecule has 2 aromatic carbocycles. The number of amides is 1. The summed E-state index contributed by atoms with van der Waals surface area (Å²) in [6.07, 6.45) is 11.1. The van der Waals surface area contributed by atoms with Gasteiger partial charge in [-0.2, -0.15) is 0 Å². The molecular weight excluding hydrogens is 868 g/mol. The molecule has 3 aromatic heterocycles. The molecule has 1 spiro atoms. The molecule has 4 N–H and O–H groups in total. The number of anilines is 2. The van der Waals surface area contributed by atoms with Gasteiger partial charge in [-0.25, -0.2) is 23.1 Å². The van der Waals surface area contributed by atoms with Crippen molar-refractivity contribution in [3.63, 3.8) is 0 Å². The van der Waals surface area contributed by atoms with Gasteiger partial charge in [0.05, 0.1) is 22.3 Å². The van der Waals surface area contributed by atoms with Crippen LogP contribution in [0.15, 0.2) is 78.0 Å². The van der Waals surface area contributed by atoms with E-state index in [-0.39, 0.29) is 39.4 Å². The number of ether oxygens (including phenoxy) is 1. The van der Waals surface area contributed by atoms with Crippen molar-refractivity contribution in [1.29, 1.82) is 0 Å². The zero-order valence-corrected chi connectivity index (χ0v) is 38.6. The molecule has 0 unspecified atom stereocenters. The highest BCUT2D eigenvalue weighted by molar-refractivity contribution is 7.90. The third kappa shape index (κ3) is 9.40. The molecule has 5 heterocycles. The monoisotopic (exact) mass is 924 g/mol. The van der Waals surface area contributed by atoms with E-state index in [1.807, 2.05) is 0 Å². The molecule has 2 aliphatic heterocycles.